The normalized spacial score (nSPS) is 12.6. The molecule has 0 bridgehead atoms. The largest absolute Gasteiger partial charge is 0.462 e. The van der Waals surface area contributed by atoms with Crippen LogP contribution in [0.1, 0.15) is 284 Å². The van der Waals surface area contributed by atoms with E-state index < -0.39 is 6.10 Å². The Balaban J connectivity index is 4.45. The van der Waals surface area contributed by atoms with Crippen LogP contribution in [0.2, 0.25) is 0 Å². The fourth-order valence-electron chi connectivity index (χ4n) is 8.12. The van der Waals surface area contributed by atoms with Crippen molar-refractivity contribution in [2.45, 2.75) is 290 Å². The molecule has 0 aromatic carbocycles. The van der Waals surface area contributed by atoms with Gasteiger partial charge in [-0.1, -0.05) is 254 Å². The van der Waals surface area contributed by atoms with E-state index in [2.05, 4.69) is 93.7 Å². The molecule has 1 atom stereocenters. The summed E-state index contributed by atoms with van der Waals surface area (Å²) in [7, 11) is 0. The van der Waals surface area contributed by atoms with Crippen LogP contribution in [0.3, 0.4) is 0 Å². The molecule has 68 heavy (non-hydrogen) atoms. The number of hydrogen-bond donors (Lipinski definition) is 0. The topological polar surface area (TPSA) is 78.9 Å². The standard InChI is InChI=1S/C62H108O6/c1-4-7-10-13-16-19-22-25-28-31-34-37-40-43-46-49-52-55-61(64)67-58-59(57-66-60(63)54-51-48-45-42-39-36-33-30-27-24-21-18-15-12-9-6-3)68-62(65)56-53-50-47-44-41-38-35-32-29-26-23-20-17-14-11-8-5-2/h7,10,16,19,25-26,28-29,34,37,43,46,59H,4-6,8-9,11-15,17-18,20-24,27,30-33,35-36,38-42,44-45,47-58H2,1-3H3/b10-7+,19-16+,28-25+,29-26+,37-34+,46-43+/t59-/m1/s1. The summed E-state index contributed by atoms with van der Waals surface area (Å²) in [6.45, 7) is 6.50. The van der Waals surface area contributed by atoms with Crippen molar-refractivity contribution in [1.29, 1.82) is 0 Å². The second kappa shape index (κ2) is 56.4. The van der Waals surface area contributed by atoms with Gasteiger partial charge >= 0.3 is 17.9 Å². The van der Waals surface area contributed by atoms with Crippen molar-refractivity contribution in [3.05, 3.63) is 72.9 Å². The average molecular weight is 950 g/mol. The molecular weight excluding hydrogens is 841 g/mol. The molecule has 0 aliphatic heterocycles. The van der Waals surface area contributed by atoms with Crippen molar-refractivity contribution >= 4 is 17.9 Å². The molecule has 0 fully saturated rings. The molecule has 0 saturated heterocycles. The van der Waals surface area contributed by atoms with E-state index in [0.29, 0.717) is 19.3 Å². The van der Waals surface area contributed by atoms with Gasteiger partial charge in [0.2, 0.25) is 0 Å². The van der Waals surface area contributed by atoms with Crippen LogP contribution < -0.4 is 0 Å². The summed E-state index contributed by atoms with van der Waals surface area (Å²) in [5.74, 6) is -0.947. The van der Waals surface area contributed by atoms with E-state index in [9.17, 15) is 14.4 Å². The maximum absolute atomic E-state index is 12.9. The van der Waals surface area contributed by atoms with E-state index in [1.54, 1.807) is 0 Å². The Morgan fingerprint density at radius 1 is 0.309 bits per heavy atom. The highest BCUT2D eigenvalue weighted by Gasteiger charge is 2.19. The lowest BCUT2D eigenvalue weighted by molar-refractivity contribution is -0.167. The third-order valence-electron chi connectivity index (χ3n) is 12.4. The van der Waals surface area contributed by atoms with E-state index in [-0.39, 0.29) is 37.5 Å². The minimum atomic E-state index is -0.799. The van der Waals surface area contributed by atoms with Gasteiger partial charge in [-0.05, 0) is 83.5 Å². The highest BCUT2D eigenvalue weighted by molar-refractivity contribution is 5.71. The molecule has 0 aliphatic carbocycles. The van der Waals surface area contributed by atoms with Crippen molar-refractivity contribution in [2.75, 3.05) is 13.2 Å². The Kier molecular flexibility index (Phi) is 53.8. The number of carbonyl (C=O) groups is 3. The number of esters is 3. The van der Waals surface area contributed by atoms with Crippen LogP contribution >= 0.6 is 0 Å². The van der Waals surface area contributed by atoms with Gasteiger partial charge in [0, 0.05) is 19.3 Å². The van der Waals surface area contributed by atoms with E-state index in [1.165, 1.54) is 161 Å². The fraction of sp³-hybridized carbons (Fsp3) is 0.758. The van der Waals surface area contributed by atoms with Crippen LogP contribution in [-0.4, -0.2) is 37.2 Å². The lowest BCUT2D eigenvalue weighted by Crippen LogP contribution is -2.30. The Morgan fingerprint density at radius 3 is 0.971 bits per heavy atom. The average Bonchev–Trinajstić information content (AvgIpc) is 3.34. The molecular formula is C62H108O6. The Labute approximate surface area is 421 Å². The number of unbranched alkanes of at least 4 members (excludes halogenated alkanes) is 29. The van der Waals surface area contributed by atoms with Gasteiger partial charge in [0.15, 0.2) is 6.10 Å². The van der Waals surface area contributed by atoms with Gasteiger partial charge in [-0.15, -0.1) is 0 Å². The zero-order chi connectivity index (χ0) is 49.3. The second-order valence-corrected chi connectivity index (χ2v) is 19.2. The first-order valence-electron chi connectivity index (χ1n) is 28.9. The molecule has 0 heterocycles. The van der Waals surface area contributed by atoms with E-state index in [4.69, 9.17) is 14.2 Å². The van der Waals surface area contributed by atoms with Gasteiger partial charge in [0.25, 0.3) is 0 Å². The highest BCUT2D eigenvalue weighted by atomic mass is 16.6. The van der Waals surface area contributed by atoms with Gasteiger partial charge in [-0.25, -0.2) is 0 Å². The Hall–Kier alpha value is -3.15. The van der Waals surface area contributed by atoms with Crippen LogP contribution in [0, 0.1) is 0 Å². The lowest BCUT2D eigenvalue weighted by Gasteiger charge is -2.18. The number of carbonyl (C=O) groups excluding carboxylic acids is 3. The molecule has 0 radical (unpaired) electrons. The maximum Gasteiger partial charge on any atom is 0.306 e. The van der Waals surface area contributed by atoms with Crippen molar-refractivity contribution in [3.8, 4) is 0 Å². The predicted molar refractivity (Wildman–Crippen MR) is 293 cm³/mol. The van der Waals surface area contributed by atoms with Gasteiger partial charge in [-0.2, -0.15) is 0 Å². The molecule has 6 heteroatoms. The zero-order valence-electron chi connectivity index (χ0n) is 44.9. The Morgan fingerprint density at radius 2 is 0.588 bits per heavy atom. The summed E-state index contributed by atoms with van der Waals surface area (Å²) < 4.78 is 16.8. The summed E-state index contributed by atoms with van der Waals surface area (Å²) in [5.41, 5.74) is 0. The molecule has 0 aliphatic rings. The monoisotopic (exact) mass is 949 g/mol. The quantitative estimate of drug-likeness (QED) is 0.0262. The lowest BCUT2D eigenvalue weighted by atomic mass is 10.0. The third kappa shape index (κ3) is 53.8. The molecule has 0 saturated carbocycles. The van der Waals surface area contributed by atoms with Crippen molar-refractivity contribution in [2.24, 2.45) is 0 Å². The molecule has 392 valence electrons. The van der Waals surface area contributed by atoms with Gasteiger partial charge < -0.3 is 14.2 Å². The number of ether oxygens (including phenoxy) is 3. The van der Waals surface area contributed by atoms with Gasteiger partial charge in [-0.3, -0.25) is 14.4 Å². The third-order valence-corrected chi connectivity index (χ3v) is 12.4. The zero-order valence-corrected chi connectivity index (χ0v) is 44.9. The first-order valence-corrected chi connectivity index (χ1v) is 28.9. The van der Waals surface area contributed by atoms with Crippen LogP contribution in [0.5, 0.6) is 0 Å². The number of allylic oxidation sites excluding steroid dienone is 12. The summed E-state index contributed by atoms with van der Waals surface area (Å²) in [4.78, 5) is 38.1. The van der Waals surface area contributed by atoms with Crippen molar-refractivity contribution < 1.29 is 28.6 Å². The highest BCUT2D eigenvalue weighted by Crippen LogP contribution is 2.16. The van der Waals surface area contributed by atoms with Crippen molar-refractivity contribution in [3.63, 3.8) is 0 Å². The molecule has 0 spiro atoms. The summed E-state index contributed by atoms with van der Waals surface area (Å²) in [6.07, 6.45) is 71.8. The minimum Gasteiger partial charge on any atom is -0.462 e. The smallest absolute Gasteiger partial charge is 0.306 e. The summed E-state index contributed by atoms with van der Waals surface area (Å²) >= 11 is 0. The Bertz CT molecular complexity index is 1270. The molecule has 0 amide bonds. The summed E-state index contributed by atoms with van der Waals surface area (Å²) in [6, 6.07) is 0. The molecule has 0 unspecified atom stereocenters. The van der Waals surface area contributed by atoms with E-state index >= 15 is 0 Å². The van der Waals surface area contributed by atoms with E-state index in [0.717, 1.165) is 77.0 Å². The fourth-order valence-corrected chi connectivity index (χ4v) is 8.12. The predicted octanol–water partition coefficient (Wildman–Crippen LogP) is 19.4. The van der Waals surface area contributed by atoms with Gasteiger partial charge in [0.1, 0.15) is 13.2 Å². The van der Waals surface area contributed by atoms with Crippen molar-refractivity contribution in [1.82, 2.24) is 0 Å². The summed E-state index contributed by atoms with van der Waals surface area (Å²) in [5, 5.41) is 0. The first-order chi connectivity index (χ1) is 33.5. The van der Waals surface area contributed by atoms with E-state index in [1.807, 2.05) is 0 Å². The molecule has 0 aromatic rings. The van der Waals surface area contributed by atoms with Crippen LogP contribution in [-0.2, 0) is 28.6 Å². The first kappa shape index (κ1) is 64.8. The SMILES string of the molecule is CC/C=C/C/C=C/C/C=C/C/C=C/C/C=C/CCCC(=O)OC[C@@H](COC(=O)CCCCCCCCCCCCCCCCCC)OC(=O)CCCCCCCCC/C=C/CCCCCCCC. The van der Waals surface area contributed by atoms with Gasteiger partial charge in [0.05, 0.1) is 0 Å². The number of rotatable bonds is 52. The molecule has 0 aromatic heterocycles. The maximum atomic E-state index is 12.9. The second-order valence-electron chi connectivity index (χ2n) is 19.2. The number of hydrogen-bond acceptors (Lipinski definition) is 6. The van der Waals surface area contributed by atoms with Crippen LogP contribution in [0.4, 0.5) is 0 Å². The molecule has 6 nitrogen and oxygen atoms in total. The molecule has 0 rings (SSSR count). The minimum absolute atomic E-state index is 0.0923. The van der Waals surface area contributed by atoms with Crippen LogP contribution in [0.25, 0.3) is 0 Å². The van der Waals surface area contributed by atoms with Crippen LogP contribution in [0.15, 0.2) is 72.9 Å². The molecule has 0 N–H and O–H groups in total.